The number of ether oxygens (including phenoxy) is 2. The molecule has 0 aliphatic heterocycles. The second-order valence-electron chi connectivity index (χ2n) is 5.96. The van der Waals surface area contributed by atoms with Crippen LogP contribution in [-0.4, -0.2) is 36.7 Å². The molecule has 5 heteroatoms. The van der Waals surface area contributed by atoms with Gasteiger partial charge in [0, 0.05) is 0 Å². The second kappa shape index (κ2) is 8.54. The molecule has 22 heavy (non-hydrogen) atoms. The molecule has 0 spiro atoms. The minimum atomic E-state index is -0.592. The van der Waals surface area contributed by atoms with E-state index in [2.05, 4.69) is 5.32 Å². The third kappa shape index (κ3) is 7.22. The third-order valence-corrected chi connectivity index (χ3v) is 2.77. The highest BCUT2D eigenvalue weighted by Gasteiger charge is 2.25. The number of carbonyl (C=O) groups excluding carboxylic acids is 2. The van der Waals surface area contributed by atoms with Gasteiger partial charge in [-0.1, -0.05) is 30.3 Å². The standard InChI is InChI=1S/C17H25NO4/c1-5-21-15(19)12-18-14(16(20)22-17(2,3)4)11-13-9-7-6-8-10-13/h6-10,14,18H,5,11-12H2,1-4H3/t14-/m0/s1. The van der Waals surface area contributed by atoms with Gasteiger partial charge in [-0.05, 0) is 39.7 Å². The van der Waals surface area contributed by atoms with Crippen molar-refractivity contribution in [3.63, 3.8) is 0 Å². The maximum atomic E-state index is 12.3. The van der Waals surface area contributed by atoms with Crippen molar-refractivity contribution in [2.24, 2.45) is 0 Å². The Morgan fingerprint density at radius 1 is 1.18 bits per heavy atom. The van der Waals surface area contributed by atoms with Crippen LogP contribution in [-0.2, 0) is 25.5 Å². The highest BCUT2D eigenvalue weighted by atomic mass is 16.6. The quantitative estimate of drug-likeness (QED) is 0.782. The summed E-state index contributed by atoms with van der Waals surface area (Å²) < 4.78 is 10.3. The molecule has 0 heterocycles. The van der Waals surface area contributed by atoms with Crippen LogP contribution in [0.2, 0.25) is 0 Å². The van der Waals surface area contributed by atoms with Crippen LogP contribution in [0.1, 0.15) is 33.3 Å². The first-order chi connectivity index (χ1) is 10.3. The summed E-state index contributed by atoms with van der Waals surface area (Å²) in [5.74, 6) is -0.759. The van der Waals surface area contributed by atoms with E-state index in [1.807, 2.05) is 51.1 Å². The van der Waals surface area contributed by atoms with Crippen LogP contribution < -0.4 is 5.32 Å². The first-order valence-electron chi connectivity index (χ1n) is 7.47. The molecule has 0 aliphatic rings. The monoisotopic (exact) mass is 307 g/mol. The van der Waals surface area contributed by atoms with E-state index in [1.165, 1.54) is 0 Å². The highest BCUT2D eigenvalue weighted by molar-refractivity contribution is 5.78. The number of rotatable bonds is 7. The van der Waals surface area contributed by atoms with Crippen LogP contribution >= 0.6 is 0 Å². The van der Waals surface area contributed by atoms with E-state index < -0.39 is 11.6 Å². The number of hydrogen-bond acceptors (Lipinski definition) is 5. The maximum Gasteiger partial charge on any atom is 0.324 e. The molecular formula is C17H25NO4. The van der Waals surface area contributed by atoms with Crippen LogP contribution in [0.4, 0.5) is 0 Å². The zero-order valence-corrected chi connectivity index (χ0v) is 13.7. The van der Waals surface area contributed by atoms with Gasteiger partial charge in [0.25, 0.3) is 0 Å². The van der Waals surface area contributed by atoms with Crippen LogP contribution in [0.3, 0.4) is 0 Å². The smallest absolute Gasteiger partial charge is 0.324 e. The number of hydrogen-bond donors (Lipinski definition) is 1. The van der Waals surface area contributed by atoms with E-state index in [0.29, 0.717) is 13.0 Å². The van der Waals surface area contributed by atoms with Crippen molar-refractivity contribution in [2.75, 3.05) is 13.2 Å². The van der Waals surface area contributed by atoms with Crippen molar-refractivity contribution < 1.29 is 19.1 Å². The zero-order valence-electron chi connectivity index (χ0n) is 13.7. The first kappa shape index (κ1) is 18.2. The molecule has 5 nitrogen and oxygen atoms in total. The lowest BCUT2D eigenvalue weighted by Crippen LogP contribution is -2.45. The molecule has 0 fully saturated rings. The maximum absolute atomic E-state index is 12.3. The van der Waals surface area contributed by atoms with Gasteiger partial charge in [-0.2, -0.15) is 0 Å². The minimum Gasteiger partial charge on any atom is -0.465 e. The second-order valence-corrected chi connectivity index (χ2v) is 5.96. The van der Waals surface area contributed by atoms with Crippen molar-refractivity contribution in [3.8, 4) is 0 Å². The molecule has 0 aliphatic carbocycles. The molecule has 0 amide bonds. The predicted octanol–water partition coefficient (Wildman–Crippen LogP) is 2.09. The Labute approximate surface area is 132 Å². The van der Waals surface area contributed by atoms with Crippen molar-refractivity contribution >= 4 is 11.9 Å². The summed E-state index contributed by atoms with van der Waals surface area (Å²) in [6, 6.07) is 9.01. The molecule has 1 aromatic rings. The zero-order chi connectivity index (χ0) is 16.6. The van der Waals surface area contributed by atoms with Crippen LogP contribution in [0.15, 0.2) is 30.3 Å². The summed E-state index contributed by atoms with van der Waals surface area (Å²) in [5, 5.41) is 2.93. The van der Waals surface area contributed by atoms with Gasteiger partial charge in [-0.15, -0.1) is 0 Å². The van der Waals surface area contributed by atoms with E-state index in [0.717, 1.165) is 5.56 Å². The molecule has 0 aromatic heterocycles. The van der Waals surface area contributed by atoms with Gasteiger partial charge >= 0.3 is 11.9 Å². The molecule has 1 aromatic carbocycles. The lowest BCUT2D eigenvalue weighted by Gasteiger charge is -2.24. The van der Waals surface area contributed by atoms with E-state index in [9.17, 15) is 9.59 Å². The first-order valence-corrected chi connectivity index (χ1v) is 7.47. The van der Waals surface area contributed by atoms with E-state index in [-0.39, 0.29) is 18.5 Å². The van der Waals surface area contributed by atoms with Gasteiger partial charge in [0.05, 0.1) is 13.2 Å². The Hall–Kier alpha value is -1.88. The molecule has 0 bridgehead atoms. The van der Waals surface area contributed by atoms with Crippen LogP contribution in [0.25, 0.3) is 0 Å². The fraction of sp³-hybridized carbons (Fsp3) is 0.529. The average Bonchev–Trinajstić information content (AvgIpc) is 2.43. The predicted molar refractivity (Wildman–Crippen MR) is 84.4 cm³/mol. The Balaban J connectivity index is 2.71. The topological polar surface area (TPSA) is 64.6 Å². The molecular weight excluding hydrogens is 282 g/mol. The number of esters is 2. The number of benzene rings is 1. The summed E-state index contributed by atoms with van der Waals surface area (Å²) in [6.45, 7) is 7.48. The Kier molecular flexibility index (Phi) is 7.05. The summed E-state index contributed by atoms with van der Waals surface area (Å²) >= 11 is 0. The molecule has 0 radical (unpaired) electrons. The summed E-state index contributed by atoms with van der Waals surface area (Å²) in [6.07, 6.45) is 0.454. The highest BCUT2D eigenvalue weighted by Crippen LogP contribution is 2.11. The molecule has 1 N–H and O–H groups in total. The van der Waals surface area contributed by atoms with Crippen LogP contribution in [0.5, 0.6) is 0 Å². The number of carbonyl (C=O) groups is 2. The SMILES string of the molecule is CCOC(=O)CN[C@@H](Cc1ccccc1)C(=O)OC(C)(C)C. The van der Waals surface area contributed by atoms with Crippen molar-refractivity contribution in [2.45, 2.75) is 45.8 Å². The van der Waals surface area contributed by atoms with Gasteiger partial charge < -0.3 is 9.47 Å². The molecule has 122 valence electrons. The Morgan fingerprint density at radius 2 is 1.82 bits per heavy atom. The minimum absolute atomic E-state index is 0.0232. The third-order valence-electron chi connectivity index (χ3n) is 2.77. The lowest BCUT2D eigenvalue weighted by molar-refractivity contribution is -0.157. The van der Waals surface area contributed by atoms with Gasteiger partial charge in [0.15, 0.2) is 0 Å². The largest absolute Gasteiger partial charge is 0.465 e. The van der Waals surface area contributed by atoms with Gasteiger partial charge in [0.1, 0.15) is 11.6 Å². The molecule has 0 saturated carbocycles. The summed E-state index contributed by atoms with van der Waals surface area (Å²) in [7, 11) is 0. The molecule has 0 unspecified atom stereocenters. The average molecular weight is 307 g/mol. The Bertz CT molecular complexity index is 479. The molecule has 1 atom stereocenters. The van der Waals surface area contributed by atoms with Crippen molar-refractivity contribution in [1.82, 2.24) is 5.32 Å². The normalized spacial score (nSPS) is 12.5. The Morgan fingerprint density at radius 3 is 2.36 bits per heavy atom. The number of nitrogens with one attached hydrogen (secondary N) is 1. The summed E-state index contributed by atoms with van der Waals surface area (Å²) in [4.78, 5) is 23.8. The van der Waals surface area contributed by atoms with E-state index >= 15 is 0 Å². The fourth-order valence-corrected chi connectivity index (χ4v) is 1.88. The fourth-order valence-electron chi connectivity index (χ4n) is 1.88. The van der Waals surface area contributed by atoms with Gasteiger partial charge in [0.2, 0.25) is 0 Å². The van der Waals surface area contributed by atoms with Gasteiger partial charge in [-0.25, -0.2) is 0 Å². The van der Waals surface area contributed by atoms with Crippen molar-refractivity contribution in [3.05, 3.63) is 35.9 Å². The molecule has 1 rings (SSSR count). The van der Waals surface area contributed by atoms with E-state index in [1.54, 1.807) is 6.92 Å². The lowest BCUT2D eigenvalue weighted by atomic mass is 10.1. The van der Waals surface area contributed by atoms with Gasteiger partial charge in [-0.3, -0.25) is 14.9 Å². The molecule has 0 saturated heterocycles. The van der Waals surface area contributed by atoms with E-state index in [4.69, 9.17) is 9.47 Å². The van der Waals surface area contributed by atoms with Crippen molar-refractivity contribution in [1.29, 1.82) is 0 Å². The van der Waals surface area contributed by atoms with Crippen LogP contribution in [0, 0.1) is 0 Å². The summed E-state index contributed by atoms with van der Waals surface area (Å²) in [5.41, 5.74) is 0.423.